The van der Waals surface area contributed by atoms with Gasteiger partial charge in [-0.25, -0.2) is 14.8 Å². The van der Waals surface area contributed by atoms with Crippen molar-refractivity contribution in [2.45, 2.75) is 70.8 Å². The molecule has 2 aliphatic rings. The van der Waals surface area contributed by atoms with Crippen LogP contribution >= 0.6 is 0 Å². The number of piperidine rings is 1. The molecule has 1 saturated heterocycles. The second-order valence-electron chi connectivity index (χ2n) is 11.4. The third-order valence-electron chi connectivity index (χ3n) is 8.83. The first-order chi connectivity index (χ1) is 19.8. The molecule has 2 atom stereocenters. The number of amides is 3. The Kier molecular flexibility index (Phi) is 8.56. The zero-order valence-electron chi connectivity index (χ0n) is 23.9. The number of nitrogens with zero attached hydrogens (tertiary/aromatic N) is 3. The number of rotatable bonds is 12. The van der Waals surface area contributed by atoms with Crippen LogP contribution in [0, 0.1) is 11.3 Å². The molecule has 0 unspecified atom stereocenters. The molecule has 3 heterocycles. The largest absolute Gasteiger partial charge is 0.480 e. The molecule has 41 heavy (non-hydrogen) atoms. The van der Waals surface area contributed by atoms with E-state index in [9.17, 15) is 14.4 Å². The molecule has 3 amide bonds. The van der Waals surface area contributed by atoms with Crippen molar-refractivity contribution in [3.63, 3.8) is 0 Å². The summed E-state index contributed by atoms with van der Waals surface area (Å²) in [7, 11) is 1.60. The quantitative estimate of drug-likeness (QED) is 0.269. The highest BCUT2D eigenvalue weighted by molar-refractivity contribution is 5.86. The highest BCUT2D eigenvalue weighted by Crippen LogP contribution is 2.59. The Morgan fingerprint density at radius 2 is 1.98 bits per heavy atom. The van der Waals surface area contributed by atoms with Gasteiger partial charge in [-0.2, -0.15) is 0 Å². The Labute approximate surface area is 240 Å². The first-order valence-corrected chi connectivity index (χ1v) is 14.7. The van der Waals surface area contributed by atoms with Gasteiger partial charge in [-0.05, 0) is 49.7 Å². The standard InChI is InChI=1S/C31H40N6O4/c1-3-21(38)10-5-4-6-12-25(35-28(39)23-18-31(23)13-15-37(16-14-31)30(32)40)27-33-19-26(34-27)22-17-20-9-7-8-11-24(20)36-29(22)41-2/h7-9,11,17,19,23,25H,3-6,10,12-16,18H2,1-2H3,(H2,32,40)(H,33,34)(H,35,39)/t23-,25-/m0/s1. The van der Waals surface area contributed by atoms with Crippen molar-refractivity contribution in [2.24, 2.45) is 17.1 Å². The predicted molar refractivity (Wildman–Crippen MR) is 156 cm³/mol. The van der Waals surface area contributed by atoms with Crippen LogP contribution in [0.1, 0.15) is 76.6 Å². The number of aromatic amines is 1. The van der Waals surface area contributed by atoms with Crippen LogP contribution in [0.5, 0.6) is 5.88 Å². The Morgan fingerprint density at radius 1 is 1.20 bits per heavy atom. The summed E-state index contributed by atoms with van der Waals surface area (Å²) in [5.74, 6) is 1.44. The molecular formula is C31H40N6O4. The van der Waals surface area contributed by atoms with Crippen LogP contribution < -0.4 is 15.8 Å². The summed E-state index contributed by atoms with van der Waals surface area (Å²) in [5, 5.41) is 4.28. The van der Waals surface area contributed by atoms with Gasteiger partial charge in [0.2, 0.25) is 11.8 Å². The van der Waals surface area contributed by atoms with E-state index in [1.165, 1.54) is 0 Å². The number of methoxy groups -OCH3 is 1. The molecule has 10 heteroatoms. The van der Waals surface area contributed by atoms with Crippen molar-refractivity contribution in [2.75, 3.05) is 20.2 Å². The van der Waals surface area contributed by atoms with Gasteiger partial charge >= 0.3 is 6.03 Å². The number of carbonyl (C=O) groups is 3. The summed E-state index contributed by atoms with van der Waals surface area (Å²) in [6.45, 7) is 3.09. The number of carbonyl (C=O) groups excluding carboxylic acids is 3. The van der Waals surface area contributed by atoms with E-state index >= 15 is 0 Å². The number of hydrogen-bond donors (Lipinski definition) is 3. The minimum atomic E-state index is -0.394. The SMILES string of the molecule is CCC(=O)CCCCC[C@H](NC(=O)[C@@H]1CC12CCN(C(N)=O)CC2)c1ncc(-c2cc3ccccc3nc2OC)[nH]1. The van der Waals surface area contributed by atoms with Gasteiger partial charge in [0.1, 0.15) is 11.6 Å². The Balaban J connectivity index is 1.31. The number of hydrogen-bond acceptors (Lipinski definition) is 6. The number of imidazole rings is 1. The number of unbranched alkanes of at least 4 members (excludes halogenated alkanes) is 2. The molecule has 1 aliphatic carbocycles. The number of aromatic nitrogens is 3. The molecule has 10 nitrogen and oxygen atoms in total. The monoisotopic (exact) mass is 560 g/mol. The summed E-state index contributed by atoms with van der Waals surface area (Å²) >= 11 is 0. The lowest BCUT2D eigenvalue weighted by molar-refractivity contribution is -0.124. The lowest BCUT2D eigenvalue weighted by atomic mass is 9.90. The van der Waals surface area contributed by atoms with Crippen molar-refractivity contribution in [3.05, 3.63) is 42.4 Å². The lowest BCUT2D eigenvalue weighted by Gasteiger charge is -2.31. The fraction of sp³-hybridized carbons (Fsp3) is 0.516. The fourth-order valence-corrected chi connectivity index (χ4v) is 6.11. The number of H-pyrrole nitrogens is 1. The van der Waals surface area contributed by atoms with Gasteiger partial charge in [0.25, 0.3) is 0 Å². The second-order valence-corrected chi connectivity index (χ2v) is 11.4. The molecule has 1 spiro atoms. The number of benzene rings is 1. The van der Waals surface area contributed by atoms with Gasteiger partial charge in [-0.3, -0.25) is 9.59 Å². The number of ether oxygens (including phenoxy) is 1. The number of ketones is 1. The maximum absolute atomic E-state index is 13.5. The Bertz CT molecular complexity index is 1410. The van der Waals surface area contributed by atoms with E-state index in [1.54, 1.807) is 18.2 Å². The smallest absolute Gasteiger partial charge is 0.314 e. The van der Waals surface area contributed by atoms with E-state index in [-0.39, 0.29) is 29.1 Å². The highest BCUT2D eigenvalue weighted by Gasteiger charge is 2.58. The third kappa shape index (κ3) is 6.36. The molecule has 2 fully saturated rings. The van der Waals surface area contributed by atoms with Crippen LogP contribution in [0.2, 0.25) is 0 Å². The summed E-state index contributed by atoms with van der Waals surface area (Å²) < 4.78 is 5.60. The summed E-state index contributed by atoms with van der Waals surface area (Å²) in [5.41, 5.74) is 7.82. The molecule has 4 N–H and O–H groups in total. The van der Waals surface area contributed by atoms with Crippen molar-refractivity contribution in [1.82, 2.24) is 25.2 Å². The molecular weight excluding hydrogens is 520 g/mol. The van der Waals surface area contributed by atoms with Gasteiger partial charge in [0.05, 0.1) is 36.1 Å². The molecule has 1 aliphatic heterocycles. The van der Waals surface area contributed by atoms with E-state index in [0.29, 0.717) is 44.1 Å². The average molecular weight is 561 g/mol. The number of primary amides is 1. The molecule has 0 radical (unpaired) electrons. The Morgan fingerprint density at radius 3 is 2.71 bits per heavy atom. The molecule has 5 rings (SSSR count). The summed E-state index contributed by atoms with van der Waals surface area (Å²) in [6, 6.07) is 9.22. The van der Waals surface area contributed by atoms with Crippen molar-refractivity contribution >= 4 is 28.6 Å². The molecule has 3 aromatic rings. The zero-order chi connectivity index (χ0) is 29.0. The number of fused-ring (bicyclic) bond motifs is 1. The lowest BCUT2D eigenvalue weighted by Crippen LogP contribution is -2.43. The summed E-state index contributed by atoms with van der Waals surface area (Å²) in [4.78, 5) is 51.2. The molecule has 2 aromatic heterocycles. The van der Waals surface area contributed by atoms with E-state index in [0.717, 1.165) is 60.7 Å². The molecule has 218 valence electrons. The molecule has 0 bridgehead atoms. The average Bonchev–Trinajstić information content (AvgIpc) is 3.45. The number of para-hydroxylation sites is 1. The van der Waals surface area contributed by atoms with Crippen molar-refractivity contribution < 1.29 is 19.1 Å². The van der Waals surface area contributed by atoms with E-state index in [1.807, 2.05) is 37.3 Å². The van der Waals surface area contributed by atoms with E-state index in [4.69, 9.17) is 10.5 Å². The van der Waals surface area contributed by atoms with Crippen LogP contribution in [-0.4, -0.2) is 57.8 Å². The first-order valence-electron chi connectivity index (χ1n) is 14.7. The van der Waals surface area contributed by atoms with Crippen molar-refractivity contribution in [3.8, 4) is 17.1 Å². The first kappa shape index (κ1) is 28.6. The normalized spacial score (nSPS) is 18.3. The predicted octanol–water partition coefficient (Wildman–Crippen LogP) is 4.90. The van der Waals surface area contributed by atoms with Gasteiger partial charge in [-0.15, -0.1) is 0 Å². The molecule has 1 saturated carbocycles. The van der Waals surface area contributed by atoms with Crippen LogP contribution in [0.4, 0.5) is 4.79 Å². The van der Waals surface area contributed by atoms with Crippen LogP contribution in [-0.2, 0) is 9.59 Å². The maximum Gasteiger partial charge on any atom is 0.314 e. The van der Waals surface area contributed by atoms with Gasteiger partial charge in [0, 0.05) is 37.2 Å². The maximum atomic E-state index is 13.5. The molecule has 1 aromatic carbocycles. The fourth-order valence-electron chi connectivity index (χ4n) is 6.11. The highest BCUT2D eigenvalue weighted by atomic mass is 16.5. The van der Waals surface area contributed by atoms with E-state index < -0.39 is 6.03 Å². The zero-order valence-corrected chi connectivity index (χ0v) is 23.9. The minimum absolute atomic E-state index is 0.0339. The number of urea groups is 1. The van der Waals surface area contributed by atoms with Gasteiger partial charge < -0.3 is 25.7 Å². The number of Topliss-reactive ketones (excluding diaryl/α,β-unsaturated/α-hetero) is 1. The van der Waals surface area contributed by atoms with Gasteiger partial charge in [0.15, 0.2) is 0 Å². The number of pyridine rings is 1. The summed E-state index contributed by atoms with van der Waals surface area (Å²) in [6.07, 6.45) is 8.68. The second kappa shape index (κ2) is 12.3. The topological polar surface area (TPSA) is 143 Å². The van der Waals surface area contributed by atoms with Crippen LogP contribution in [0.15, 0.2) is 36.5 Å². The van der Waals surface area contributed by atoms with Crippen LogP contribution in [0.25, 0.3) is 22.2 Å². The number of likely N-dealkylation sites (tertiary alicyclic amines) is 1. The van der Waals surface area contributed by atoms with Crippen LogP contribution in [0.3, 0.4) is 0 Å². The number of nitrogens with one attached hydrogen (secondary N) is 2. The minimum Gasteiger partial charge on any atom is -0.480 e. The van der Waals surface area contributed by atoms with Gasteiger partial charge in [-0.1, -0.05) is 38.0 Å². The van der Waals surface area contributed by atoms with E-state index in [2.05, 4.69) is 20.3 Å². The Hall–Kier alpha value is -3.95. The van der Waals surface area contributed by atoms with Crippen molar-refractivity contribution in [1.29, 1.82) is 0 Å². The third-order valence-corrected chi connectivity index (χ3v) is 8.83. The number of nitrogens with two attached hydrogens (primary N) is 1.